The average molecular weight is 427 g/mol. The number of aromatic nitrogens is 2. The van der Waals surface area contributed by atoms with Crippen LogP contribution in [0.1, 0.15) is 60.4 Å². The van der Waals surface area contributed by atoms with Crippen molar-refractivity contribution in [3.63, 3.8) is 0 Å². The number of amides is 2. The van der Waals surface area contributed by atoms with Crippen LogP contribution in [0.2, 0.25) is 0 Å². The van der Waals surface area contributed by atoms with Crippen LogP contribution in [0.15, 0.2) is 30.3 Å². The second-order valence-corrected chi connectivity index (χ2v) is 8.56. The molecule has 8 heteroatoms. The first-order valence-electron chi connectivity index (χ1n) is 10.4. The van der Waals surface area contributed by atoms with Crippen LogP contribution in [-0.4, -0.2) is 28.4 Å². The summed E-state index contributed by atoms with van der Waals surface area (Å²) in [5.41, 5.74) is 2.24. The van der Waals surface area contributed by atoms with Crippen molar-refractivity contribution in [2.45, 2.75) is 52.0 Å². The maximum atomic E-state index is 12.8. The van der Waals surface area contributed by atoms with Gasteiger partial charge < -0.3 is 10.1 Å². The minimum atomic E-state index is -0.498. The second kappa shape index (κ2) is 8.87. The molecule has 2 aromatic heterocycles. The van der Waals surface area contributed by atoms with E-state index in [-0.39, 0.29) is 5.91 Å². The lowest BCUT2D eigenvalue weighted by Crippen LogP contribution is -2.14. The topological polar surface area (TPSA) is 85.2 Å². The molecule has 0 spiro atoms. The summed E-state index contributed by atoms with van der Waals surface area (Å²) in [6, 6.07) is 9.33. The number of fused-ring (bicyclic) bond motifs is 1. The Morgan fingerprint density at radius 1 is 1.13 bits per heavy atom. The van der Waals surface area contributed by atoms with Gasteiger partial charge in [0, 0.05) is 16.8 Å². The van der Waals surface area contributed by atoms with Crippen molar-refractivity contribution in [3.05, 3.63) is 40.9 Å². The molecule has 2 N–H and O–H groups in total. The zero-order chi connectivity index (χ0) is 21.1. The molecule has 0 saturated heterocycles. The second-order valence-electron chi connectivity index (χ2n) is 7.53. The third-order valence-corrected chi connectivity index (χ3v) is 6.50. The maximum Gasteiger partial charge on any atom is 0.411 e. The van der Waals surface area contributed by atoms with Crippen molar-refractivity contribution in [3.8, 4) is 0 Å². The van der Waals surface area contributed by atoms with Crippen LogP contribution in [0, 0.1) is 6.92 Å². The van der Waals surface area contributed by atoms with E-state index in [0.717, 1.165) is 28.8 Å². The number of thiophene rings is 1. The Labute approximate surface area is 179 Å². The van der Waals surface area contributed by atoms with Gasteiger partial charge in [-0.25, -0.2) is 4.79 Å². The fourth-order valence-electron chi connectivity index (χ4n) is 3.87. The highest BCUT2D eigenvalue weighted by atomic mass is 32.1. The monoisotopic (exact) mass is 426 g/mol. The largest absolute Gasteiger partial charge is 0.450 e. The first kappa shape index (κ1) is 20.4. The molecule has 0 unspecified atom stereocenters. The first-order valence-corrected chi connectivity index (χ1v) is 11.2. The predicted molar refractivity (Wildman–Crippen MR) is 120 cm³/mol. The molecule has 30 heavy (non-hydrogen) atoms. The van der Waals surface area contributed by atoms with Gasteiger partial charge in [-0.2, -0.15) is 5.10 Å². The number of carbonyl (C=O) groups excluding carboxylic acids is 2. The summed E-state index contributed by atoms with van der Waals surface area (Å²) in [6.45, 7) is 4.07. The number of anilines is 2. The van der Waals surface area contributed by atoms with Crippen molar-refractivity contribution in [2.75, 3.05) is 17.2 Å². The van der Waals surface area contributed by atoms with Gasteiger partial charge in [-0.05, 0) is 57.0 Å². The van der Waals surface area contributed by atoms with E-state index in [1.54, 1.807) is 31.2 Å². The predicted octanol–water partition coefficient (Wildman–Crippen LogP) is 5.73. The first-order chi connectivity index (χ1) is 14.5. The molecule has 0 aliphatic heterocycles. The van der Waals surface area contributed by atoms with Gasteiger partial charge in [-0.1, -0.05) is 19.3 Å². The van der Waals surface area contributed by atoms with Gasteiger partial charge in [0.1, 0.15) is 4.83 Å². The Hall–Kier alpha value is -2.87. The molecule has 0 radical (unpaired) electrons. The van der Waals surface area contributed by atoms with E-state index in [2.05, 4.69) is 15.3 Å². The standard InChI is InChI=1S/C22H26N4O3S/c1-3-29-22(28)24-16-11-9-15(10-12-16)23-20(27)19-13-18-14(2)25-26(21(18)30-19)17-7-5-4-6-8-17/h9-13,17H,3-8H2,1-2H3,(H,23,27)(H,24,28). The number of nitrogens with zero attached hydrogens (tertiary/aromatic N) is 2. The van der Waals surface area contributed by atoms with E-state index in [1.807, 2.05) is 13.0 Å². The lowest BCUT2D eigenvalue weighted by atomic mass is 9.96. The number of benzene rings is 1. The fraction of sp³-hybridized carbons (Fsp3) is 0.409. The van der Waals surface area contributed by atoms with Crippen LogP contribution in [0.3, 0.4) is 0 Å². The van der Waals surface area contributed by atoms with Crippen molar-refractivity contribution in [1.29, 1.82) is 0 Å². The van der Waals surface area contributed by atoms with Crippen LogP contribution < -0.4 is 10.6 Å². The van der Waals surface area contributed by atoms with Gasteiger partial charge in [-0.15, -0.1) is 11.3 Å². The quantitative estimate of drug-likeness (QED) is 0.545. The van der Waals surface area contributed by atoms with Gasteiger partial charge in [0.05, 0.1) is 23.2 Å². The van der Waals surface area contributed by atoms with E-state index in [0.29, 0.717) is 28.9 Å². The Kier molecular flexibility index (Phi) is 6.03. The molecular formula is C22H26N4O3S. The number of aryl methyl sites for hydroxylation is 1. The van der Waals surface area contributed by atoms with Gasteiger partial charge in [-0.3, -0.25) is 14.8 Å². The molecule has 1 fully saturated rings. The molecule has 1 aliphatic rings. The van der Waals surface area contributed by atoms with Crippen molar-refractivity contribution >= 4 is 44.9 Å². The van der Waals surface area contributed by atoms with Crippen molar-refractivity contribution in [1.82, 2.24) is 9.78 Å². The lowest BCUT2D eigenvalue weighted by molar-refractivity contribution is 0.103. The van der Waals surface area contributed by atoms with Gasteiger partial charge >= 0.3 is 6.09 Å². The molecule has 4 rings (SSSR count). The minimum Gasteiger partial charge on any atom is -0.450 e. The normalized spacial score (nSPS) is 14.6. The third-order valence-electron chi connectivity index (χ3n) is 5.38. The Morgan fingerprint density at radius 3 is 2.47 bits per heavy atom. The van der Waals surface area contributed by atoms with E-state index >= 15 is 0 Å². The smallest absolute Gasteiger partial charge is 0.411 e. The molecule has 2 heterocycles. The molecule has 158 valence electrons. The zero-order valence-electron chi connectivity index (χ0n) is 17.2. The van der Waals surface area contributed by atoms with E-state index in [4.69, 9.17) is 9.84 Å². The van der Waals surface area contributed by atoms with Crippen LogP contribution in [-0.2, 0) is 4.74 Å². The molecule has 2 amide bonds. The molecule has 3 aromatic rings. The Morgan fingerprint density at radius 2 is 1.80 bits per heavy atom. The zero-order valence-corrected chi connectivity index (χ0v) is 18.1. The maximum absolute atomic E-state index is 12.8. The molecule has 7 nitrogen and oxygen atoms in total. The summed E-state index contributed by atoms with van der Waals surface area (Å²) >= 11 is 1.50. The van der Waals surface area contributed by atoms with Gasteiger partial charge in [0.25, 0.3) is 5.91 Å². The van der Waals surface area contributed by atoms with Crippen LogP contribution in [0.25, 0.3) is 10.2 Å². The highest BCUT2D eigenvalue weighted by Gasteiger charge is 2.22. The summed E-state index contributed by atoms with van der Waals surface area (Å²) in [6.07, 6.45) is 5.59. The number of hydrogen-bond donors (Lipinski definition) is 2. The summed E-state index contributed by atoms with van der Waals surface area (Å²) in [7, 11) is 0. The highest BCUT2D eigenvalue weighted by Crippen LogP contribution is 2.35. The van der Waals surface area contributed by atoms with E-state index < -0.39 is 6.09 Å². The van der Waals surface area contributed by atoms with Crippen LogP contribution in [0.5, 0.6) is 0 Å². The minimum absolute atomic E-state index is 0.142. The summed E-state index contributed by atoms with van der Waals surface area (Å²) in [5, 5.41) is 11.4. The van der Waals surface area contributed by atoms with E-state index in [1.165, 1.54) is 30.6 Å². The highest BCUT2D eigenvalue weighted by molar-refractivity contribution is 7.20. The molecule has 1 saturated carbocycles. The van der Waals surface area contributed by atoms with Crippen molar-refractivity contribution < 1.29 is 14.3 Å². The van der Waals surface area contributed by atoms with Gasteiger partial charge in [0.2, 0.25) is 0 Å². The number of nitrogens with one attached hydrogen (secondary N) is 2. The van der Waals surface area contributed by atoms with Crippen LogP contribution in [0.4, 0.5) is 16.2 Å². The molecular weight excluding hydrogens is 400 g/mol. The van der Waals surface area contributed by atoms with Crippen LogP contribution >= 0.6 is 11.3 Å². The fourth-order valence-corrected chi connectivity index (χ4v) is 5.00. The van der Waals surface area contributed by atoms with Gasteiger partial charge in [0.15, 0.2) is 0 Å². The summed E-state index contributed by atoms with van der Waals surface area (Å²) in [5.74, 6) is -0.142. The summed E-state index contributed by atoms with van der Waals surface area (Å²) in [4.78, 5) is 26.0. The lowest BCUT2D eigenvalue weighted by Gasteiger charge is -2.22. The van der Waals surface area contributed by atoms with Crippen molar-refractivity contribution in [2.24, 2.45) is 0 Å². The SMILES string of the molecule is CCOC(=O)Nc1ccc(NC(=O)c2cc3c(C)nn(C4CCCCC4)c3s2)cc1. The summed E-state index contributed by atoms with van der Waals surface area (Å²) < 4.78 is 7.00. The molecule has 1 aromatic carbocycles. The third kappa shape index (κ3) is 4.33. The number of ether oxygens (including phenoxy) is 1. The number of carbonyl (C=O) groups is 2. The number of hydrogen-bond acceptors (Lipinski definition) is 5. The number of rotatable bonds is 5. The Bertz CT molecular complexity index is 1050. The Balaban J connectivity index is 1.47. The average Bonchev–Trinajstić information content (AvgIpc) is 3.31. The molecule has 0 bridgehead atoms. The van der Waals surface area contributed by atoms with E-state index in [9.17, 15) is 9.59 Å². The molecule has 1 aliphatic carbocycles. The molecule has 0 atom stereocenters.